The van der Waals surface area contributed by atoms with Gasteiger partial charge in [-0.2, -0.15) is 5.10 Å². The van der Waals surface area contributed by atoms with E-state index in [4.69, 9.17) is 23.2 Å². The molecule has 3 aromatic rings. The molecule has 0 heterocycles. The molecule has 1 amide bonds. The van der Waals surface area contributed by atoms with Crippen LogP contribution in [0.2, 0.25) is 10.0 Å². The van der Waals surface area contributed by atoms with Crippen LogP contribution in [0.25, 0.3) is 0 Å². The first-order valence-electron chi connectivity index (χ1n) is 9.62. The third-order valence-corrected chi connectivity index (χ3v) is 5.24. The van der Waals surface area contributed by atoms with E-state index >= 15 is 0 Å². The molecular weight excluding hydrogens is 419 g/mol. The molecule has 3 rings (SSSR count). The van der Waals surface area contributed by atoms with Crippen molar-refractivity contribution in [3.8, 4) is 0 Å². The lowest BCUT2D eigenvalue weighted by Gasteiger charge is -2.27. The predicted octanol–water partition coefficient (Wildman–Crippen LogP) is 5.55. The molecule has 0 atom stereocenters. The average molecular weight is 441 g/mol. The summed E-state index contributed by atoms with van der Waals surface area (Å²) in [7, 11) is 0. The van der Waals surface area contributed by atoms with Gasteiger partial charge in [0.1, 0.15) is 0 Å². The monoisotopic (exact) mass is 440 g/mol. The quantitative estimate of drug-likeness (QED) is 0.373. The number of carbonyl (C=O) groups excluding carboxylic acids is 1. The summed E-state index contributed by atoms with van der Waals surface area (Å²) in [5, 5.41) is 16.9. The average Bonchev–Trinajstić information content (AvgIpc) is 2.77. The van der Waals surface area contributed by atoms with Gasteiger partial charge >= 0.3 is 0 Å². The van der Waals surface area contributed by atoms with E-state index in [9.17, 15) is 9.90 Å². The van der Waals surface area contributed by atoms with Crippen LogP contribution in [-0.2, 0) is 10.4 Å². The first-order chi connectivity index (χ1) is 14.4. The number of carbonyl (C=O) groups is 1. The highest BCUT2D eigenvalue weighted by Crippen LogP contribution is 2.31. The zero-order valence-corrected chi connectivity index (χ0v) is 18.0. The van der Waals surface area contributed by atoms with Crippen LogP contribution in [0, 0.1) is 0 Å². The molecule has 4 nitrogen and oxygen atoms in total. The maximum absolute atomic E-state index is 13.2. The van der Waals surface area contributed by atoms with Crippen molar-refractivity contribution in [2.24, 2.45) is 5.10 Å². The highest BCUT2D eigenvalue weighted by molar-refractivity contribution is 6.30. The number of amides is 1. The predicted molar refractivity (Wildman–Crippen MR) is 122 cm³/mol. The third kappa shape index (κ3) is 4.90. The van der Waals surface area contributed by atoms with Crippen LogP contribution in [0.15, 0.2) is 84.0 Å². The topological polar surface area (TPSA) is 61.7 Å². The van der Waals surface area contributed by atoms with Crippen molar-refractivity contribution in [3.63, 3.8) is 0 Å². The molecule has 0 radical (unpaired) electrons. The Labute approximate surface area is 186 Å². The van der Waals surface area contributed by atoms with Crippen molar-refractivity contribution < 1.29 is 9.90 Å². The molecule has 0 fully saturated rings. The van der Waals surface area contributed by atoms with Gasteiger partial charge in [0.15, 0.2) is 5.60 Å². The van der Waals surface area contributed by atoms with Gasteiger partial charge in [-0.1, -0.05) is 91.1 Å². The van der Waals surface area contributed by atoms with Gasteiger partial charge in [0, 0.05) is 10.0 Å². The van der Waals surface area contributed by atoms with Gasteiger partial charge in [-0.25, -0.2) is 5.43 Å². The zero-order chi connectivity index (χ0) is 21.6. The standard InChI is InChI=1S/C24H22Cl2N2O2/c1-2-6-22(17-7-4-3-5-8-17)27-28-23(29)24(30,18-9-13-20(25)14-10-18)19-11-15-21(26)16-12-19/h3-5,7-16,30H,2,6H2,1H3,(H,28,29). The minimum Gasteiger partial charge on any atom is -0.372 e. The van der Waals surface area contributed by atoms with Crippen molar-refractivity contribution in [1.29, 1.82) is 0 Å². The highest BCUT2D eigenvalue weighted by Gasteiger charge is 2.40. The minimum absolute atomic E-state index is 0.374. The second kappa shape index (κ2) is 9.90. The normalized spacial score (nSPS) is 11.9. The summed E-state index contributed by atoms with van der Waals surface area (Å²) < 4.78 is 0. The zero-order valence-electron chi connectivity index (χ0n) is 16.5. The molecular formula is C24H22Cl2N2O2. The number of rotatable bonds is 7. The fraction of sp³-hybridized carbons (Fsp3) is 0.167. The van der Waals surface area contributed by atoms with Crippen LogP contribution in [0.5, 0.6) is 0 Å². The number of aliphatic hydroxyl groups is 1. The summed E-state index contributed by atoms with van der Waals surface area (Å²) in [6.45, 7) is 2.04. The lowest BCUT2D eigenvalue weighted by Crippen LogP contribution is -2.44. The Bertz CT molecular complexity index is 972. The molecule has 0 unspecified atom stereocenters. The Hall–Kier alpha value is -2.66. The Morgan fingerprint density at radius 1 is 0.900 bits per heavy atom. The van der Waals surface area contributed by atoms with E-state index < -0.39 is 11.5 Å². The van der Waals surface area contributed by atoms with Gasteiger partial charge in [-0.3, -0.25) is 4.79 Å². The van der Waals surface area contributed by atoms with E-state index in [1.165, 1.54) is 0 Å². The number of nitrogens with one attached hydrogen (secondary N) is 1. The summed E-state index contributed by atoms with van der Waals surface area (Å²) in [6, 6.07) is 22.6. The van der Waals surface area contributed by atoms with Crippen molar-refractivity contribution in [2.75, 3.05) is 0 Å². The summed E-state index contributed by atoms with van der Waals surface area (Å²) in [5.41, 5.74) is 3.00. The van der Waals surface area contributed by atoms with E-state index in [0.29, 0.717) is 27.6 Å². The fourth-order valence-electron chi connectivity index (χ4n) is 3.14. The van der Waals surface area contributed by atoms with Crippen LogP contribution in [-0.4, -0.2) is 16.7 Å². The van der Waals surface area contributed by atoms with Crippen LogP contribution >= 0.6 is 23.2 Å². The van der Waals surface area contributed by atoms with Gasteiger partial charge in [-0.15, -0.1) is 0 Å². The molecule has 0 aromatic heterocycles. The summed E-state index contributed by atoms with van der Waals surface area (Å²) in [6.07, 6.45) is 1.55. The first-order valence-corrected chi connectivity index (χ1v) is 10.4. The summed E-state index contributed by atoms with van der Waals surface area (Å²) >= 11 is 12.0. The smallest absolute Gasteiger partial charge is 0.281 e. The second-order valence-electron chi connectivity index (χ2n) is 6.84. The molecule has 0 aliphatic heterocycles. The van der Waals surface area contributed by atoms with E-state index in [1.807, 2.05) is 37.3 Å². The molecule has 0 spiro atoms. The largest absolute Gasteiger partial charge is 0.372 e. The minimum atomic E-state index is -1.97. The molecule has 2 N–H and O–H groups in total. The van der Waals surface area contributed by atoms with Crippen molar-refractivity contribution in [1.82, 2.24) is 5.43 Å². The molecule has 3 aromatic carbocycles. The Morgan fingerprint density at radius 3 is 1.87 bits per heavy atom. The van der Waals surface area contributed by atoms with Crippen LogP contribution in [0.4, 0.5) is 0 Å². The van der Waals surface area contributed by atoms with Crippen molar-refractivity contribution in [3.05, 3.63) is 106 Å². The fourth-order valence-corrected chi connectivity index (χ4v) is 3.39. The Balaban J connectivity index is 1.99. The number of benzene rings is 3. The van der Waals surface area contributed by atoms with Crippen LogP contribution in [0.3, 0.4) is 0 Å². The maximum Gasteiger partial charge on any atom is 0.281 e. The molecule has 0 saturated heterocycles. The van der Waals surface area contributed by atoms with Crippen molar-refractivity contribution in [2.45, 2.75) is 25.4 Å². The van der Waals surface area contributed by atoms with Crippen LogP contribution < -0.4 is 5.43 Å². The Kier molecular flexibility index (Phi) is 7.27. The molecule has 6 heteroatoms. The van der Waals surface area contributed by atoms with Gasteiger partial charge in [0.05, 0.1) is 5.71 Å². The van der Waals surface area contributed by atoms with Gasteiger partial charge in [0.25, 0.3) is 5.91 Å². The van der Waals surface area contributed by atoms with E-state index in [1.54, 1.807) is 48.5 Å². The van der Waals surface area contributed by atoms with Gasteiger partial charge < -0.3 is 5.11 Å². The highest BCUT2D eigenvalue weighted by atomic mass is 35.5. The van der Waals surface area contributed by atoms with Gasteiger partial charge in [-0.05, 0) is 47.4 Å². The van der Waals surface area contributed by atoms with Crippen LogP contribution in [0.1, 0.15) is 36.5 Å². The number of hydrogen-bond donors (Lipinski definition) is 2. The SMILES string of the molecule is CCCC(=NNC(=O)C(O)(c1ccc(Cl)cc1)c1ccc(Cl)cc1)c1ccccc1. The summed E-state index contributed by atoms with van der Waals surface area (Å²) in [4.78, 5) is 13.2. The number of nitrogens with zero attached hydrogens (tertiary/aromatic N) is 1. The third-order valence-electron chi connectivity index (χ3n) is 4.74. The summed E-state index contributed by atoms with van der Waals surface area (Å²) in [5.74, 6) is -0.670. The number of hydrogen-bond acceptors (Lipinski definition) is 3. The lowest BCUT2D eigenvalue weighted by atomic mass is 9.85. The Morgan fingerprint density at radius 2 is 1.40 bits per heavy atom. The van der Waals surface area contributed by atoms with Gasteiger partial charge in [0.2, 0.25) is 0 Å². The van der Waals surface area contributed by atoms with Crippen molar-refractivity contribution >= 4 is 34.8 Å². The van der Waals surface area contributed by atoms with E-state index in [2.05, 4.69) is 10.5 Å². The first kappa shape index (κ1) is 22.0. The maximum atomic E-state index is 13.2. The second-order valence-corrected chi connectivity index (χ2v) is 7.71. The number of hydrazone groups is 1. The molecule has 0 aliphatic rings. The molecule has 0 aliphatic carbocycles. The molecule has 0 bridgehead atoms. The van der Waals surface area contributed by atoms with E-state index in [-0.39, 0.29) is 0 Å². The molecule has 154 valence electrons. The lowest BCUT2D eigenvalue weighted by molar-refractivity contribution is -0.136. The number of halogens is 2. The molecule has 0 saturated carbocycles. The van der Waals surface area contributed by atoms with E-state index in [0.717, 1.165) is 17.7 Å². The molecule has 30 heavy (non-hydrogen) atoms.